The van der Waals surface area contributed by atoms with E-state index in [1.54, 1.807) is 0 Å². The Bertz CT molecular complexity index is 500. The minimum atomic E-state index is -1.50. The second-order valence-electron chi connectivity index (χ2n) is 2.85. The molecule has 1 aromatic rings. The summed E-state index contributed by atoms with van der Waals surface area (Å²) >= 11 is 4.64. The van der Waals surface area contributed by atoms with E-state index < -0.39 is 22.1 Å². The van der Waals surface area contributed by atoms with Gasteiger partial charge < -0.3 is 16.6 Å². The van der Waals surface area contributed by atoms with Crippen LogP contribution in [0.2, 0.25) is 0 Å². The third-order valence-electron chi connectivity index (χ3n) is 1.90. The lowest BCUT2D eigenvalue weighted by atomic mass is 10.1. The Labute approximate surface area is 94.8 Å². The van der Waals surface area contributed by atoms with Gasteiger partial charge in [-0.25, -0.2) is 4.79 Å². The fourth-order valence-electron chi connectivity index (χ4n) is 1.20. The van der Waals surface area contributed by atoms with E-state index in [0.717, 1.165) is 6.07 Å². The van der Waals surface area contributed by atoms with E-state index in [-0.39, 0.29) is 16.2 Å². The summed E-state index contributed by atoms with van der Waals surface area (Å²) in [6.07, 6.45) is 0. The predicted octanol–water partition coefficient (Wildman–Crippen LogP) is 0.509. The van der Waals surface area contributed by atoms with Gasteiger partial charge in [-0.15, -0.1) is 0 Å². The van der Waals surface area contributed by atoms with Crippen LogP contribution in [0.4, 0.5) is 11.4 Å². The normalized spacial score (nSPS) is 9.75. The van der Waals surface area contributed by atoms with Crippen LogP contribution in [0.15, 0.2) is 12.1 Å². The second kappa shape index (κ2) is 4.11. The van der Waals surface area contributed by atoms with E-state index in [2.05, 4.69) is 12.2 Å². The molecule has 16 heavy (non-hydrogen) atoms. The fraction of sp³-hybridized carbons (Fsp3) is 0. The predicted molar refractivity (Wildman–Crippen MR) is 60.4 cm³/mol. The van der Waals surface area contributed by atoms with E-state index in [1.165, 1.54) is 6.07 Å². The number of anilines is 1. The van der Waals surface area contributed by atoms with Gasteiger partial charge in [0.1, 0.15) is 4.99 Å². The van der Waals surface area contributed by atoms with Crippen LogP contribution in [0.3, 0.4) is 0 Å². The third kappa shape index (κ3) is 1.91. The number of carboxylic acids is 1. The van der Waals surface area contributed by atoms with E-state index >= 15 is 0 Å². The molecule has 7 nitrogen and oxygen atoms in total. The summed E-state index contributed by atoms with van der Waals surface area (Å²) in [7, 11) is 0. The van der Waals surface area contributed by atoms with Gasteiger partial charge in [0.25, 0.3) is 5.69 Å². The van der Waals surface area contributed by atoms with Crippen molar-refractivity contribution >= 4 is 34.6 Å². The molecule has 0 saturated heterocycles. The Kier molecular flexibility index (Phi) is 3.04. The Morgan fingerprint density at radius 2 is 2.06 bits per heavy atom. The van der Waals surface area contributed by atoms with Gasteiger partial charge in [-0.2, -0.15) is 0 Å². The van der Waals surface area contributed by atoms with E-state index in [4.69, 9.17) is 16.6 Å². The molecular formula is C8H7N3O4S. The van der Waals surface area contributed by atoms with Crippen molar-refractivity contribution in [3.05, 3.63) is 33.4 Å². The lowest BCUT2D eigenvalue weighted by Gasteiger charge is -2.07. The van der Waals surface area contributed by atoms with Gasteiger partial charge in [-0.3, -0.25) is 10.1 Å². The zero-order chi connectivity index (χ0) is 12.5. The largest absolute Gasteiger partial charge is 0.477 e. The number of rotatable bonds is 3. The van der Waals surface area contributed by atoms with Crippen molar-refractivity contribution < 1.29 is 14.8 Å². The van der Waals surface area contributed by atoms with E-state index in [9.17, 15) is 14.9 Å². The molecule has 0 aliphatic heterocycles. The highest BCUT2D eigenvalue weighted by atomic mass is 32.1. The second-order valence-corrected chi connectivity index (χ2v) is 3.29. The summed E-state index contributed by atoms with van der Waals surface area (Å²) in [6.45, 7) is 0. The molecule has 1 rings (SSSR count). The van der Waals surface area contributed by atoms with Crippen molar-refractivity contribution in [2.24, 2.45) is 5.73 Å². The van der Waals surface area contributed by atoms with Crippen molar-refractivity contribution in [1.82, 2.24) is 0 Å². The SMILES string of the molecule is NC(=S)c1ccc([N+](=O)[O-])c(C(=O)O)c1N. The van der Waals surface area contributed by atoms with Crippen LogP contribution < -0.4 is 11.5 Å². The van der Waals surface area contributed by atoms with Crippen molar-refractivity contribution in [3.8, 4) is 0 Å². The van der Waals surface area contributed by atoms with Gasteiger partial charge >= 0.3 is 5.97 Å². The molecule has 0 radical (unpaired) electrons. The van der Waals surface area contributed by atoms with Crippen molar-refractivity contribution in [1.29, 1.82) is 0 Å². The number of carboxylic acid groups (broad SMARTS) is 1. The number of aromatic carboxylic acids is 1. The van der Waals surface area contributed by atoms with Gasteiger partial charge in [-0.05, 0) is 6.07 Å². The maximum Gasteiger partial charge on any atom is 0.344 e. The topological polar surface area (TPSA) is 132 Å². The first kappa shape index (κ1) is 11.9. The van der Waals surface area contributed by atoms with Crippen LogP contribution >= 0.6 is 12.2 Å². The molecule has 0 atom stereocenters. The van der Waals surface area contributed by atoms with Gasteiger partial charge in [-0.1, -0.05) is 12.2 Å². The molecule has 0 aliphatic carbocycles. The molecule has 0 aromatic heterocycles. The van der Waals surface area contributed by atoms with Crippen molar-refractivity contribution in [3.63, 3.8) is 0 Å². The fourth-order valence-corrected chi connectivity index (χ4v) is 1.38. The molecular weight excluding hydrogens is 234 g/mol. The highest BCUT2D eigenvalue weighted by Crippen LogP contribution is 2.27. The van der Waals surface area contributed by atoms with Crippen LogP contribution in [-0.4, -0.2) is 21.0 Å². The molecule has 84 valence electrons. The average molecular weight is 241 g/mol. The molecule has 0 bridgehead atoms. The number of hydrogen-bond donors (Lipinski definition) is 3. The van der Waals surface area contributed by atoms with Crippen LogP contribution in [-0.2, 0) is 0 Å². The number of benzene rings is 1. The van der Waals surface area contributed by atoms with Crippen LogP contribution in [0.5, 0.6) is 0 Å². The smallest absolute Gasteiger partial charge is 0.344 e. The molecule has 1 aromatic carbocycles. The maximum atomic E-state index is 10.9. The molecule has 8 heteroatoms. The number of nitrogens with zero attached hydrogens (tertiary/aromatic N) is 1. The van der Waals surface area contributed by atoms with Gasteiger partial charge in [0.15, 0.2) is 5.56 Å². The Morgan fingerprint density at radius 3 is 2.44 bits per heavy atom. The summed E-state index contributed by atoms with van der Waals surface area (Å²) in [6, 6.07) is 2.23. The Balaban J connectivity index is 3.60. The molecule has 0 saturated carbocycles. The molecule has 0 heterocycles. The standard InChI is InChI=1S/C8H7N3O4S/c9-6-3(7(10)16)1-2-4(11(14)15)5(6)8(12)13/h1-2H,9H2,(H2,10,16)(H,12,13). The summed E-state index contributed by atoms with van der Waals surface area (Å²) in [5, 5.41) is 19.4. The Hall–Kier alpha value is -2.22. The average Bonchev–Trinajstić information content (AvgIpc) is 2.15. The third-order valence-corrected chi connectivity index (χ3v) is 2.12. The minimum absolute atomic E-state index is 0.109. The Morgan fingerprint density at radius 1 is 1.50 bits per heavy atom. The number of hydrogen-bond acceptors (Lipinski definition) is 5. The summed E-state index contributed by atoms with van der Waals surface area (Å²) in [4.78, 5) is 20.5. The minimum Gasteiger partial charge on any atom is -0.477 e. The van der Waals surface area contributed by atoms with E-state index in [1.807, 2.05) is 0 Å². The number of thiocarbonyl (C=S) groups is 1. The van der Waals surface area contributed by atoms with Gasteiger partial charge in [0.05, 0.1) is 10.6 Å². The van der Waals surface area contributed by atoms with Crippen LogP contribution in [0.25, 0.3) is 0 Å². The van der Waals surface area contributed by atoms with Gasteiger partial charge in [0.2, 0.25) is 0 Å². The first-order chi connectivity index (χ1) is 7.36. The first-order valence-corrected chi connectivity index (χ1v) is 4.37. The number of nitrogen functional groups attached to an aromatic ring is 1. The number of nitrogens with two attached hydrogens (primary N) is 2. The highest BCUT2D eigenvalue weighted by Gasteiger charge is 2.25. The zero-order valence-electron chi connectivity index (χ0n) is 7.84. The molecule has 0 fully saturated rings. The monoisotopic (exact) mass is 241 g/mol. The maximum absolute atomic E-state index is 10.9. The molecule has 0 amide bonds. The summed E-state index contributed by atoms with van der Waals surface area (Å²) in [5.74, 6) is -1.50. The molecule has 0 aliphatic rings. The van der Waals surface area contributed by atoms with Crippen LogP contribution in [0.1, 0.15) is 15.9 Å². The van der Waals surface area contributed by atoms with E-state index in [0.29, 0.717) is 0 Å². The molecule has 0 unspecified atom stereocenters. The number of nitro benzene ring substituents is 1. The number of carbonyl (C=O) groups is 1. The van der Waals surface area contributed by atoms with Crippen molar-refractivity contribution in [2.45, 2.75) is 0 Å². The number of nitro groups is 1. The first-order valence-electron chi connectivity index (χ1n) is 3.96. The summed E-state index contributed by atoms with van der Waals surface area (Å²) < 4.78 is 0. The van der Waals surface area contributed by atoms with Crippen molar-refractivity contribution in [2.75, 3.05) is 5.73 Å². The zero-order valence-corrected chi connectivity index (χ0v) is 8.65. The summed E-state index contributed by atoms with van der Waals surface area (Å²) in [5.41, 5.74) is 9.39. The quantitative estimate of drug-likeness (QED) is 0.304. The lowest BCUT2D eigenvalue weighted by Crippen LogP contribution is -2.16. The van der Waals surface area contributed by atoms with Gasteiger partial charge in [0, 0.05) is 11.6 Å². The molecule has 0 spiro atoms. The lowest BCUT2D eigenvalue weighted by molar-refractivity contribution is -0.385. The highest BCUT2D eigenvalue weighted by molar-refractivity contribution is 7.80. The van der Waals surface area contributed by atoms with Crippen LogP contribution in [0, 0.1) is 10.1 Å². The molecule has 5 N–H and O–H groups in total.